The second-order valence-corrected chi connectivity index (χ2v) is 11.5. The van der Waals surface area contributed by atoms with E-state index in [0.29, 0.717) is 0 Å². The van der Waals surface area contributed by atoms with E-state index >= 15 is 0 Å². The van der Waals surface area contributed by atoms with Crippen LogP contribution in [0.15, 0.2) is 158 Å². The maximum absolute atomic E-state index is 5.24. The molecule has 0 amide bonds. The lowest BCUT2D eigenvalue weighted by molar-refractivity contribution is 1.08. The molecule has 1 heterocycles. The number of anilines is 3. The van der Waals surface area contributed by atoms with E-state index in [0.717, 1.165) is 52.1 Å². The van der Waals surface area contributed by atoms with Crippen molar-refractivity contribution in [1.82, 2.24) is 4.98 Å². The molecule has 0 fully saturated rings. The van der Waals surface area contributed by atoms with Crippen molar-refractivity contribution in [3.8, 4) is 33.5 Å². The number of para-hydroxylation sites is 1. The maximum atomic E-state index is 5.24. The molecule has 0 spiro atoms. The van der Waals surface area contributed by atoms with Crippen LogP contribution >= 0.6 is 0 Å². The third-order valence-electron chi connectivity index (χ3n) is 8.66. The molecule has 8 rings (SSSR count). The number of hydrogen-bond donors (Lipinski definition) is 0. The first-order valence-electron chi connectivity index (χ1n) is 15.6. The molecule has 1 aliphatic carbocycles. The lowest BCUT2D eigenvalue weighted by Gasteiger charge is -2.28. The Morgan fingerprint density at radius 1 is 0.444 bits per heavy atom. The Morgan fingerprint density at radius 3 is 1.84 bits per heavy atom. The highest BCUT2D eigenvalue weighted by Crippen LogP contribution is 2.42. The van der Waals surface area contributed by atoms with Crippen LogP contribution in [0.1, 0.15) is 12.8 Å². The van der Waals surface area contributed by atoms with Gasteiger partial charge in [0.2, 0.25) is 0 Å². The summed E-state index contributed by atoms with van der Waals surface area (Å²) < 4.78 is 0. The molecule has 2 nitrogen and oxygen atoms in total. The molecule has 2 heteroatoms. The van der Waals surface area contributed by atoms with Crippen LogP contribution in [0.5, 0.6) is 0 Å². The predicted octanol–water partition coefficient (Wildman–Crippen LogP) is 10.1. The molecule has 214 valence electrons. The van der Waals surface area contributed by atoms with E-state index in [4.69, 9.17) is 4.98 Å². The van der Waals surface area contributed by atoms with Gasteiger partial charge >= 0.3 is 0 Å². The Balaban J connectivity index is 1.29. The molecule has 0 atom stereocenters. The van der Waals surface area contributed by atoms with Crippen LogP contribution in [-0.4, -0.2) is 4.98 Å². The van der Waals surface area contributed by atoms with Gasteiger partial charge in [0, 0.05) is 28.1 Å². The van der Waals surface area contributed by atoms with Crippen LogP contribution < -0.4 is 15.5 Å². The summed E-state index contributed by atoms with van der Waals surface area (Å²) in [6, 6.07) is 56.5. The van der Waals surface area contributed by atoms with Gasteiger partial charge in [-0.3, -0.25) is 0 Å². The minimum atomic E-state index is 1.01. The van der Waals surface area contributed by atoms with Crippen LogP contribution in [0.3, 0.4) is 0 Å². The first-order valence-corrected chi connectivity index (χ1v) is 15.6. The van der Waals surface area contributed by atoms with Crippen molar-refractivity contribution in [1.29, 1.82) is 0 Å². The number of pyridine rings is 1. The quantitative estimate of drug-likeness (QED) is 0.196. The smallest absolute Gasteiger partial charge is 0.0787 e. The standard InChI is InChI=1S/C43H32N2/c1-3-14-32(15-4-1)39-20-10-12-22-42(39)45(38-28-23-31-13-7-8-18-35(31)29-38)37-26-24-34(25-27-37)43-40(33-16-5-2-6-17-33)30-36-19-9-11-21-41(36)44-43/h1-8,10,12-30H,9,11H2. The number of hydrogen-bond acceptors (Lipinski definition) is 2. The fraction of sp³-hybridized carbons (Fsp3) is 0.0465. The number of fused-ring (bicyclic) bond motifs is 2. The third kappa shape index (κ3) is 5.21. The number of aromatic nitrogens is 1. The average molecular weight is 577 g/mol. The molecule has 0 bridgehead atoms. The summed E-state index contributed by atoms with van der Waals surface area (Å²) in [7, 11) is 0. The summed E-state index contributed by atoms with van der Waals surface area (Å²) in [4.78, 5) is 7.61. The van der Waals surface area contributed by atoms with E-state index < -0.39 is 0 Å². The highest BCUT2D eigenvalue weighted by Gasteiger charge is 2.18. The summed E-state index contributed by atoms with van der Waals surface area (Å²) in [6.07, 6.45) is 6.67. The summed E-state index contributed by atoms with van der Waals surface area (Å²) in [6.45, 7) is 0. The van der Waals surface area contributed by atoms with Gasteiger partial charge in [-0.05, 0) is 76.4 Å². The summed E-state index contributed by atoms with van der Waals surface area (Å²) in [5.41, 5.74) is 10.2. The molecule has 7 aromatic rings. The van der Waals surface area contributed by atoms with Crippen molar-refractivity contribution in [3.63, 3.8) is 0 Å². The zero-order valence-electron chi connectivity index (χ0n) is 25.0. The topological polar surface area (TPSA) is 16.1 Å². The monoisotopic (exact) mass is 576 g/mol. The average Bonchev–Trinajstić information content (AvgIpc) is 3.12. The van der Waals surface area contributed by atoms with Gasteiger partial charge < -0.3 is 4.90 Å². The van der Waals surface area contributed by atoms with Crippen molar-refractivity contribution >= 4 is 40.0 Å². The van der Waals surface area contributed by atoms with Gasteiger partial charge in [0.05, 0.1) is 16.7 Å². The van der Waals surface area contributed by atoms with E-state index in [1.165, 1.54) is 32.7 Å². The summed E-state index contributed by atoms with van der Waals surface area (Å²) in [5.74, 6) is 0. The SMILES string of the molecule is C1=c2cc(-c3ccccc3)c(-c3ccc(N(c4ccc5ccccc5c4)c4ccccc4-c4ccccc4)cc3)nc2=CCC1. The van der Waals surface area contributed by atoms with Crippen LogP contribution in [0.4, 0.5) is 17.1 Å². The van der Waals surface area contributed by atoms with Crippen LogP contribution in [0.2, 0.25) is 0 Å². The first-order chi connectivity index (χ1) is 22.3. The molecule has 0 saturated heterocycles. The number of rotatable bonds is 6. The molecular formula is C43H32N2. The third-order valence-corrected chi connectivity index (χ3v) is 8.66. The molecule has 0 N–H and O–H groups in total. The Kier molecular flexibility index (Phi) is 7.01. The van der Waals surface area contributed by atoms with E-state index in [9.17, 15) is 0 Å². The first kappa shape index (κ1) is 26.9. The molecule has 1 aliphatic rings. The molecule has 45 heavy (non-hydrogen) atoms. The minimum absolute atomic E-state index is 1.01. The van der Waals surface area contributed by atoms with E-state index in [-0.39, 0.29) is 0 Å². The number of benzene rings is 6. The van der Waals surface area contributed by atoms with Crippen molar-refractivity contribution < 1.29 is 0 Å². The highest BCUT2D eigenvalue weighted by molar-refractivity contribution is 5.93. The van der Waals surface area contributed by atoms with Crippen LogP contribution in [0, 0.1) is 0 Å². The van der Waals surface area contributed by atoms with Gasteiger partial charge in [0.1, 0.15) is 0 Å². The van der Waals surface area contributed by atoms with Crippen molar-refractivity contribution in [2.45, 2.75) is 12.8 Å². The van der Waals surface area contributed by atoms with Gasteiger partial charge in [-0.1, -0.05) is 133 Å². The van der Waals surface area contributed by atoms with Crippen molar-refractivity contribution in [2.24, 2.45) is 0 Å². The van der Waals surface area contributed by atoms with Gasteiger partial charge in [-0.2, -0.15) is 0 Å². The zero-order valence-corrected chi connectivity index (χ0v) is 25.0. The fourth-order valence-corrected chi connectivity index (χ4v) is 6.43. The predicted molar refractivity (Wildman–Crippen MR) is 190 cm³/mol. The van der Waals surface area contributed by atoms with Gasteiger partial charge in [-0.15, -0.1) is 0 Å². The van der Waals surface area contributed by atoms with E-state index in [2.05, 4.69) is 175 Å². The second kappa shape index (κ2) is 11.7. The molecule has 1 aromatic heterocycles. The molecular weight excluding hydrogens is 544 g/mol. The Hall–Kier alpha value is -5.73. The summed E-state index contributed by atoms with van der Waals surface area (Å²) in [5, 5.41) is 4.75. The van der Waals surface area contributed by atoms with E-state index in [1.54, 1.807) is 0 Å². The second-order valence-electron chi connectivity index (χ2n) is 11.5. The maximum Gasteiger partial charge on any atom is 0.0787 e. The molecule has 0 radical (unpaired) electrons. The Morgan fingerprint density at radius 2 is 1.07 bits per heavy atom. The Bertz CT molecular complexity index is 2250. The normalized spacial score (nSPS) is 12.2. The fourth-order valence-electron chi connectivity index (χ4n) is 6.43. The van der Waals surface area contributed by atoms with Gasteiger partial charge in [0.15, 0.2) is 0 Å². The number of nitrogens with zero attached hydrogens (tertiary/aromatic N) is 2. The lowest BCUT2D eigenvalue weighted by atomic mass is 9.97. The van der Waals surface area contributed by atoms with Crippen LogP contribution in [0.25, 0.3) is 56.4 Å². The largest absolute Gasteiger partial charge is 0.310 e. The molecule has 6 aromatic carbocycles. The van der Waals surface area contributed by atoms with Crippen molar-refractivity contribution in [2.75, 3.05) is 4.90 Å². The zero-order chi connectivity index (χ0) is 30.0. The van der Waals surface area contributed by atoms with Gasteiger partial charge in [0.25, 0.3) is 0 Å². The lowest BCUT2D eigenvalue weighted by Crippen LogP contribution is -2.30. The Labute approximate surface area is 263 Å². The van der Waals surface area contributed by atoms with Crippen LogP contribution in [-0.2, 0) is 0 Å². The van der Waals surface area contributed by atoms with E-state index in [1.807, 2.05) is 0 Å². The molecule has 0 aliphatic heterocycles. The molecule has 0 saturated carbocycles. The van der Waals surface area contributed by atoms with Crippen molar-refractivity contribution in [3.05, 3.63) is 168 Å². The highest BCUT2D eigenvalue weighted by atomic mass is 15.1. The summed E-state index contributed by atoms with van der Waals surface area (Å²) >= 11 is 0. The van der Waals surface area contributed by atoms with Gasteiger partial charge in [-0.25, -0.2) is 4.98 Å². The minimum Gasteiger partial charge on any atom is -0.310 e. The molecule has 0 unspecified atom stereocenters.